The molecule has 0 aromatic heterocycles. The molecule has 0 saturated heterocycles. The third kappa shape index (κ3) is 2.45. The Morgan fingerprint density at radius 1 is 1.75 bits per heavy atom. The molecule has 1 aliphatic carbocycles. The molecule has 68 valence electrons. The lowest BCUT2D eigenvalue weighted by molar-refractivity contribution is 0.0966. The SMILES string of the molecule is COC(C)CC1CC=CC=C1F. The van der Waals surface area contributed by atoms with Crippen molar-refractivity contribution in [2.75, 3.05) is 7.11 Å². The number of hydrogen-bond donors (Lipinski definition) is 0. The van der Waals surface area contributed by atoms with E-state index in [2.05, 4.69) is 0 Å². The van der Waals surface area contributed by atoms with Crippen molar-refractivity contribution in [3.05, 3.63) is 24.1 Å². The van der Waals surface area contributed by atoms with Gasteiger partial charge in [-0.15, -0.1) is 0 Å². The number of ether oxygens (including phenoxy) is 1. The monoisotopic (exact) mass is 170 g/mol. The third-order valence-electron chi connectivity index (χ3n) is 2.22. The maximum Gasteiger partial charge on any atom is 0.103 e. The van der Waals surface area contributed by atoms with Crippen LogP contribution in [0.1, 0.15) is 19.8 Å². The maximum absolute atomic E-state index is 13.1. The van der Waals surface area contributed by atoms with Gasteiger partial charge in [0.1, 0.15) is 5.83 Å². The van der Waals surface area contributed by atoms with Crippen molar-refractivity contribution in [3.63, 3.8) is 0 Å². The first-order chi connectivity index (χ1) is 5.74. The Kier molecular flexibility index (Phi) is 3.48. The van der Waals surface area contributed by atoms with Crippen molar-refractivity contribution in [2.45, 2.75) is 25.9 Å². The molecule has 0 aromatic carbocycles. The van der Waals surface area contributed by atoms with Crippen molar-refractivity contribution in [1.29, 1.82) is 0 Å². The molecule has 1 aliphatic rings. The molecule has 1 nitrogen and oxygen atoms in total. The number of rotatable bonds is 3. The van der Waals surface area contributed by atoms with E-state index in [0.29, 0.717) is 0 Å². The zero-order valence-electron chi connectivity index (χ0n) is 7.59. The van der Waals surface area contributed by atoms with Crippen molar-refractivity contribution >= 4 is 0 Å². The lowest BCUT2D eigenvalue weighted by Gasteiger charge is -2.18. The molecule has 1 rings (SSSR count). The van der Waals surface area contributed by atoms with Crippen LogP contribution in [0.15, 0.2) is 24.1 Å². The van der Waals surface area contributed by atoms with Gasteiger partial charge in [-0.25, -0.2) is 4.39 Å². The first-order valence-corrected chi connectivity index (χ1v) is 4.29. The topological polar surface area (TPSA) is 9.23 Å². The molecule has 0 aliphatic heterocycles. The largest absolute Gasteiger partial charge is 0.382 e. The first-order valence-electron chi connectivity index (χ1n) is 4.29. The number of halogens is 1. The summed E-state index contributed by atoms with van der Waals surface area (Å²) < 4.78 is 18.2. The quantitative estimate of drug-likeness (QED) is 0.632. The Labute approximate surface area is 72.9 Å². The van der Waals surface area contributed by atoms with Crippen molar-refractivity contribution in [2.24, 2.45) is 5.92 Å². The van der Waals surface area contributed by atoms with Crippen LogP contribution < -0.4 is 0 Å². The molecule has 2 unspecified atom stereocenters. The molecule has 0 radical (unpaired) electrons. The first kappa shape index (κ1) is 9.46. The molecule has 0 N–H and O–H groups in total. The van der Waals surface area contributed by atoms with E-state index in [0.717, 1.165) is 12.8 Å². The van der Waals surface area contributed by atoms with Gasteiger partial charge in [0, 0.05) is 13.0 Å². The number of hydrogen-bond acceptors (Lipinski definition) is 1. The van der Waals surface area contributed by atoms with Crippen molar-refractivity contribution in [3.8, 4) is 0 Å². The summed E-state index contributed by atoms with van der Waals surface area (Å²) in [6.07, 6.45) is 7.01. The highest BCUT2D eigenvalue weighted by molar-refractivity contribution is 5.15. The maximum atomic E-state index is 13.1. The smallest absolute Gasteiger partial charge is 0.103 e. The molecular weight excluding hydrogens is 155 g/mol. The summed E-state index contributed by atoms with van der Waals surface area (Å²) in [7, 11) is 1.66. The van der Waals surface area contributed by atoms with Crippen LogP contribution >= 0.6 is 0 Å². The van der Waals surface area contributed by atoms with Gasteiger partial charge in [-0.1, -0.05) is 12.2 Å². The van der Waals surface area contributed by atoms with Gasteiger partial charge >= 0.3 is 0 Å². The summed E-state index contributed by atoms with van der Waals surface area (Å²) in [5.74, 6) is 0.0198. The summed E-state index contributed by atoms with van der Waals surface area (Å²) in [6, 6.07) is 0. The van der Waals surface area contributed by atoms with Crippen molar-refractivity contribution < 1.29 is 9.13 Å². The summed E-state index contributed by atoms with van der Waals surface area (Å²) in [5, 5.41) is 0. The van der Waals surface area contributed by atoms with Gasteiger partial charge in [0.25, 0.3) is 0 Å². The van der Waals surface area contributed by atoms with Gasteiger partial charge < -0.3 is 4.74 Å². The molecule has 0 aromatic rings. The summed E-state index contributed by atoms with van der Waals surface area (Å²) >= 11 is 0. The van der Waals surface area contributed by atoms with E-state index in [1.807, 2.05) is 13.0 Å². The molecule has 2 atom stereocenters. The van der Waals surface area contributed by atoms with Crippen LogP contribution in [-0.4, -0.2) is 13.2 Å². The second-order valence-corrected chi connectivity index (χ2v) is 3.19. The third-order valence-corrected chi connectivity index (χ3v) is 2.22. The van der Waals surface area contributed by atoms with Crippen LogP contribution in [0.5, 0.6) is 0 Å². The van der Waals surface area contributed by atoms with Gasteiger partial charge in [0.15, 0.2) is 0 Å². The number of methoxy groups -OCH3 is 1. The normalized spacial score (nSPS) is 25.2. The van der Waals surface area contributed by atoms with Gasteiger partial charge in [0.2, 0.25) is 0 Å². The van der Waals surface area contributed by atoms with Crippen LogP contribution in [0.25, 0.3) is 0 Å². The van der Waals surface area contributed by atoms with E-state index < -0.39 is 0 Å². The Balaban J connectivity index is 2.43. The molecule has 0 spiro atoms. The molecular formula is C10H15FO. The zero-order valence-corrected chi connectivity index (χ0v) is 7.59. The van der Waals surface area contributed by atoms with E-state index in [4.69, 9.17) is 4.74 Å². The fourth-order valence-corrected chi connectivity index (χ4v) is 1.36. The van der Waals surface area contributed by atoms with Crippen LogP contribution in [0.4, 0.5) is 4.39 Å². The molecule has 0 heterocycles. The minimum absolute atomic E-state index is 0.0126. The Morgan fingerprint density at radius 2 is 2.50 bits per heavy atom. The fraction of sp³-hybridized carbons (Fsp3) is 0.600. The van der Waals surface area contributed by atoms with E-state index in [-0.39, 0.29) is 17.8 Å². The van der Waals surface area contributed by atoms with Crippen LogP contribution in [0.2, 0.25) is 0 Å². The lowest BCUT2D eigenvalue weighted by Crippen LogP contribution is -2.13. The highest BCUT2D eigenvalue weighted by Crippen LogP contribution is 2.26. The fourth-order valence-electron chi connectivity index (χ4n) is 1.36. The van der Waals surface area contributed by atoms with Gasteiger partial charge in [0.05, 0.1) is 6.10 Å². The van der Waals surface area contributed by atoms with Crippen LogP contribution in [0.3, 0.4) is 0 Å². The van der Waals surface area contributed by atoms with Gasteiger partial charge in [-0.2, -0.15) is 0 Å². The highest BCUT2D eigenvalue weighted by atomic mass is 19.1. The van der Waals surface area contributed by atoms with E-state index >= 15 is 0 Å². The Hall–Kier alpha value is -0.630. The summed E-state index contributed by atoms with van der Waals surface area (Å²) in [5.41, 5.74) is 0. The summed E-state index contributed by atoms with van der Waals surface area (Å²) in [4.78, 5) is 0. The minimum Gasteiger partial charge on any atom is -0.382 e. The van der Waals surface area contributed by atoms with E-state index in [9.17, 15) is 4.39 Å². The predicted molar refractivity (Wildman–Crippen MR) is 47.5 cm³/mol. The standard InChI is InChI=1S/C10H15FO/c1-8(12-2)7-9-5-3-4-6-10(9)11/h3-4,6,8-9H,5,7H2,1-2H3. The Bertz CT molecular complexity index is 196. The molecule has 0 bridgehead atoms. The average Bonchev–Trinajstić information content (AvgIpc) is 2.09. The van der Waals surface area contributed by atoms with Gasteiger partial charge in [-0.05, 0) is 25.8 Å². The predicted octanol–water partition coefficient (Wildman–Crippen LogP) is 2.84. The summed E-state index contributed by atoms with van der Waals surface area (Å²) in [6.45, 7) is 1.96. The average molecular weight is 170 g/mol. The molecule has 0 fully saturated rings. The Morgan fingerprint density at radius 3 is 3.08 bits per heavy atom. The lowest BCUT2D eigenvalue weighted by atomic mass is 9.94. The van der Waals surface area contributed by atoms with Crippen molar-refractivity contribution in [1.82, 2.24) is 0 Å². The molecule has 2 heteroatoms. The van der Waals surface area contributed by atoms with Gasteiger partial charge in [-0.3, -0.25) is 0 Å². The second-order valence-electron chi connectivity index (χ2n) is 3.19. The van der Waals surface area contributed by atoms with E-state index in [1.54, 1.807) is 13.2 Å². The zero-order chi connectivity index (χ0) is 8.97. The van der Waals surface area contributed by atoms with E-state index in [1.165, 1.54) is 6.08 Å². The second kappa shape index (κ2) is 4.41. The number of allylic oxidation sites excluding steroid dienone is 4. The van der Waals surface area contributed by atoms with Crippen LogP contribution in [-0.2, 0) is 4.74 Å². The molecule has 12 heavy (non-hydrogen) atoms. The molecule has 0 amide bonds. The molecule has 0 saturated carbocycles. The van der Waals surface area contributed by atoms with Crippen LogP contribution in [0, 0.1) is 5.92 Å². The highest BCUT2D eigenvalue weighted by Gasteiger charge is 2.17. The minimum atomic E-state index is -0.0126.